The Morgan fingerprint density at radius 3 is 2.67 bits per heavy atom. The SMILES string of the molecule is CC1(C)C(O)CC1NC(=O)c1cc(N)cc(Cl)c1. The summed E-state index contributed by atoms with van der Waals surface area (Å²) in [6.45, 7) is 3.86. The maximum absolute atomic E-state index is 12.0. The van der Waals surface area contributed by atoms with Gasteiger partial charge in [-0.1, -0.05) is 25.4 Å². The lowest BCUT2D eigenvalue weighted by atomic mass is 9.64. The molecule has 1 aliphatic carbocycles. The molecule has 1 aliphatic rings. The van der Waals surface area contributed by atoms with E-state index in [-0.39, 0.29) is 23.5 Å². The summed E-state index contributed by atoms with van der Waals surface area (Å²) in [5.41, 5.74) is 6.25. The number of aliphatic hydroxyl groups excluding tert-OH is 1. The number of nitrogens with one attached hydrogen (secondary N) is 1. The molecule has 18 heavy (non-hydrogen) atoms. The van der Waals surface area contributed by atoms with Gasteiger partial charge in [0.25, 0.3) is 5.91 Å². The van der Waals surface area contributed by atoms with Crippen LogP contribution in [0.3, 0.4) is 0 Å². The van der Waals surface area contributed by atoms with E-state index in [1.54, 1.807) is 18.2 Å². The minimum atomic E-state index is -0.368. The van der Waals surface area contributed by atoms with Gasteiger partial charge in [-0.15, -0.1) is 0 Å². The highest BCUT2D eigenvalue weighted by molar-refractivity contribution is 6.31. The van der Waals surface area contributed by atoms with Crippen LogP contribution in [0.5, 0.6) is 0 Å². The fourth-order valence-corrected chi connectivity index (χ4v) is 2.38. The standard InChI is InChI=1S/C13H17ClN2O2/c1-13(2)10(6-11(13)17)16-12(18)7-3-8(14)5-9(15)4-7/h3-5,10-11,17H,6,15H2,1-2H3,(H,16,18). The first-order chi connectivity index (χ1) is 8.30. The summed E-state index contributed by atoms with van der Waals surface area (Å²) in [6, 6.07) is 4.73. The third kappa shape index (κ3) is 2.31. The molecule has 2 rings (SSSR count). The van der Waals surface area contributed by atoms with E-state index in [1.165, 1.54) is 0 Å². The van der Waals surface area contributed by atoms with Crippen LogP contribution in [0.15, 0.2) is 18.2 Å². The highest BCUT2D eigenvalue weighted by Crippen LogP contribution is 2.40. The smallest absolute Gasteiger partial charge is 0.251 e. The van der Waals surface area contributed by atoms with Gasteiger partial charge in [-0.25, -0.2) is 0 Å². The summed E-state index contributed by atoms with van der Waals surface area (Å²) in [5.74, 6) is -0.214. The Labute approximate surface area is 111 Å². The molecule has 2 atom stereocenters. The lowest BCUT2D eigenvalue weighted by Gasteiger charge is -2.49. The summed E-state index contributed by atoms with van der Waals surface area (Å²) in [7, 11) is 0. The molecule has 1 fully saturated rings. The third-order valence-corrected chi connectivity index (χ3v) is 3.92. The molecule has 0 aliphatic heterocycles. The first-order valence-corrected chi connectivity index (χ1v) is 6.23. The summed E-state index contributed by atoms with van der Waals surface area (Å²) >= 11 is 5.86. The number of hydrogen-bond donors (Lipinski definition) is 3. The fraction of sp³-hybridized carbons (Fsp3) is 0.462. The number of hydrogen-bond acceptors (Lipinski definition) is 3. The van der Waals surface area contributed by atoms with E-state index >= 15 is 0 Å². The average molecular weight is 269 g/mol. The van der Waals surface area contributed by atoms with Crippen molar-refractivity contribution in [3.63, 3.8) is 0 Å². The molecular weight excluding hydrogens is 252 g/mol. The van der Waals surface area contributed by atoms with Gasteiger partial charge in [-0.3, -0.25) is 4.79 Å². The molecule has 2 unspecified atom stereocenters. The van der Waals surface area contributed by atoms with E-state index in [9.17, 15) is 9.90 Å². The number of carbonyl (C=O) groups is 1. The highest BCUT2D eigenvalue weighted by Gasteiger charge is 2.47. The number of nitrogen functional groups attached to an aromatic ring is 1. The number of aliphatic hydroxyl groups is 1. The minimum Gasteiger partial charge on any atom is -0.399 e. The molecule has 0 spiro atoms. The Hall–Kier alpha value is -1.26. The predicted molar refractivity (Wildman–Crippen MR) is 71.5 cm³/mol. The van der Waals surface area contributed by atoms with Crippen molar-refractivity contribution in [1.29, 1.82) is 0 Å². The van der Waals surface area contributed by atoms with Crippen LogP contribution in [0.1, 0.15) is 30.6 Å². The fourth-order valence-electron chi connectivity index (χ4n) is 2.13. The molecular formula is C13H17ClN2O2. The molecule has 1 amide bonds. The summed E-state index contributed by atoms with van der Waals surface area (Å²) in [5, 5.41) is 13.0. The number of halogens is 1. The van der Waals surface area contributed by atoms with Crippen LogP contribution in [0.2, 0.25) is 5.02 Å². The zero-order chi connectivity index (χ0) is 13.5. The largest absolute Gasteiger partial charge is 0.399 e. The monoisotopic (exact) mass is 268 g/mol. The number of benzene rings is 1. The van der Waals surface area contributed by atoms with Crippen LogP contribution in [0.25, 0.3) is 0 Å². The van der Waals surface area contributed by atoms with Crippen LogP contribution in [0, 0.1) is 5.41 Å². The van der Waals surface area contributed by atoms with Gasteiger partial charge in [0.2, 0.25) is 0 Å². The van der Waals surface area contributed by atoms with Gasteiger partial charge in [0.05, 0.1) is 6.10 Å². The third-order valence-electron chi connectivity index (χ3n) is 3.70. The Balaban J connectivity index is 2.09. The van der Waals surface area contributed by atoms with Crippen LogP contribution in [-0.4, -0.2) is 23.2 Å². The second kappa shape index (κ2) is 4.44. The van der Waals surface area contributed by atoms with E-state index in [1.807, 2.05) is 13.8 Å². The Morgan fingerprint density at radius 2 is 2.17 bits per heavy atom. The molecule has 98 valence electrons. The lowest BCUT2D eigenvalue weighted by Crippen LogP contribution is -2.61. The number of anilines is 1. The van der Waals surface area contributed by atoms with Crippen molar-refractivity contribution in [3.8, 4) is 0 Å². The summed E-state index contributed by atoms with van der Waals surface area (Å²) < 4.78 is 0. The van der Waals surface area contributed by atoms with Crippen LogP contribution < -0.4 is 11.1 Å². The van der Waals surface area contributed by atoms with E-state index in [2.05, 4.69) is 5.32 Å². The highest BCUT2D eigenvalue weighted by atomic mass is 35.5. The molecule has 1 aromatic rings. The number of amides is 1. The van der Waals surface area contributed by atoms with Crippen molar-refractivity contribution in [2.24, 2.45) is 5.41 Å². The lowest BCUT2D eigenvalue weighted by molar-refractivity contribution is -0.0689. The van der Waals surface area contributed by atoms with Crippen molar-refractivity contribution >= 4 is 23.2 Å². The summed E-state index contributed by atoms with van der Waals surface area (Å²) in [4.78, 5) is 12.0. The Bertz CT molecular complexity index is 468. The molecule has 0 saturated heterocycles. The number of rotatable bonds is 2. The van der Waals surface area contributed by atoms with Gasteiger partial charge in [0.15, 0.2) is 0 Å². The molecule has 0 radical (unpaired) electrons. The van der Waals surface area contributed by atoms with Gasteiger partial charge < -0.3 is 16.2 Å². The van der Waals surface area contributed by atoms with E-state index < -0.39 is 0 Å². The van der Waals surface area contributed by atoms with Crippen molar-refractivity contribution in [1.82, 2.24) is 5.32 Å². The van der Waals surface area contributed by atoms with Gasteiger partial charge >= 0.3 is 0 Å². The van der Waals surface area contributed by atoms with Gasteiger partial charge in [-0.05, 0) is 24.6 Å². The van der Waals surface area contributed by atoms with E-state index in [0.717, 1.165) is 0 Å². The van der Waals surface area contributed by atoms with E-state index in [4.69, 9.17) is 17.3 Å². The van der Waals surface area contributed by atoms with Crippen LogP contribution >= 0.6 is 11.6 Å². The zero-order valence-corrected chi connectivity index (χ0v) is 11.2. The van der Waals surface area contributed by atoms with E-state index in [0.29, 0.717) is 22.7 Å². The van der Waals surface area contributed by atoms with Gasteiger partial charge in [-0.2, -0.15) is 0 Å². The zero-order valence-electron chi connectivity index (χ0n) is 10.4. The van der Waals surface area contributed by atoms with Gasteiger partial charge in [0, 0.05) is 27.7 Å². The number of carbonyl (C=O) groups excluding carboxylic acids is 1. The summed E-state index contributed by atoms with van der Waals surface area (Å²) in [6.07, 6.45) is 0.210. The Kier molecular flexibility index (Phi) is 3.25. The second-order valence-electron chi connectivity index (χ2n) is 5.37. The average Bonchev–Trinajstić information content (AvgIpc) is 2.27. The molecule has 0 aromatic heterocycles. The van der Waals surface area contributed by atoms with Crippen molar-refractivity contribution in [2.45, 2.75) is 32.4 Å². The molecule has 0 heterocycles. The topological polar surface area (TPSA) is 75.3 Å². The second-order valence-corrected chi connectivity index (χ2v) is 5.81. The maximum Gasteiger partial charge on any atom is 0.251 e. The molecule has 1 aromatic carbocycles. The molecule has 5 heteroatoms. The molecule has 0 bridgehead atoms. The van der Waals surface area contributed by atoms with Gasteiger partial charge in [0.1, 0.15) is 0 Å². The molecule has 4 N–H and O–H groups in total. The minimum absolute atomic E-state index is 0.0276. The Morgan fingerprint density at radius 1 is 1.50 bits per heavy atom. The first kappa shape index (κ1) is 13.2. The quantitative estimate of drug-likeness (QED) is 0.716. The maximum atomic E-state index is 12.0. The predicted octanol–water partition coefficient (Wildman–Crippen LogP) is 1.81. The van der Waals surface area contributed by atoms with Crippen LogP contribution in [0.4, 0.5) is 5.69 Å². The van der Waals surface area contributed by atoms with Crippen molar-refractivity contribution < 1.29 is 9.90 Å². The normalized spacial score (nSPS) is 25.3. The molecule has 1 saturated carbocycles. The number of nitrogens with two attached hydrogens (primary N) is 1. The first-order valence-electron chi connectivity index (χ1n) is 5.85. The van der Waals surface area contributed by atoms with Crippen molar-refractivity contribution in [3.05, 3.63) is 28.8 Å². The van der Waals surface area contributed by atoms with Crippen molar-refractivity contribution in [2.75, 3.05) is 5.73 Å². The molecule has 4 nitrogen and oxygen atoms in total. The van der Waals surface area contributed by atoms with Crippen LogP contribution in [-0.2, 0) is 0 Å².